The molecule has 0 bridgehead atoms. The number of fused-ring (bicyclic) bond motifs is 1. The zero-order chi connectivity index (χ0) is 20.9. The van der Waals surface area contributed by atoms with Crippen molar-refractivity contribution in [3.8, 4) is 11.5 Å². The molecule has 3 rings (SSSR count). The number of benzene rings is 3. The van der Waals surface area contributed by atoms with Crippen molar-refractivity contribution in [3.63, 3.8) is 0 Å². The fourth-order valence-electron chi connectivity index (χ4n) is 3.46. The lowest BCUT2D eigenvalue weighted by Crippen LogP contribution is -2.16. The van der Waals surface area contributed by atoms with E-state index in [4.69, 9.17) is 14.6 Å². The average Bonchev–Trinajstić information content (AvgIpc) is 2.69. The van der Waals surface area contributed by atoms with Crippen molar-refractivity contribution < 1.29 is 19.4 Å². The molecule has 3 aromatic carbocycles. The standard InChI is InChI=1S/C25H28O4/c1-25(2,3)21-10-6-7-11-23(21)29-17-16-28-22-14-12-18-8-4-5-9-19(18)20(22)13-15-24(26)27/h4-12,14H,13,15-17H2,1-3H3,(H,26,27). The lowest BCUT2D eigenvalue weighted by atomic mass is 9.86. The molecular weight excluding hydrogens is 364 g/mol. The maximum absolute atomic E-state index is 11.1. The highest BCUT2D eigenvalue weighted by Gasteiger charge is 2.18. The molecule has 0 atom stereocenters. The average molecular weight is 392 g/mol. The van der Waals surface area contributed by atoms with Crippen LogP contribution in [0, 0.1) is 0 Å². The van der Waals surface area contributed by atoms with E-state index in [1.165, 1.54) is 0 Å². The largest absolute Gasteiger partial charge is 0.490 e. The molecule has 0 aliphatic carbocycles. The molecule has 0 fully saturated rings. The van der Waals surface area contributed by atoms with E-state index in [1.807, 2.05) is 54.6 Å². The zero-order valence-electron chi connectivity index (χ0n) is 17.3. The van der Waals surface area contributed by atoms with E-state index in [0.717, 1.165) is 33.4 Å². The first-order valence-corrected chi connectivity index (χ1v) is 9.94. The predicted octanol–water partition coefficient (Wildman–Crippen LogP) is 5.61. The van der Waals surface area contributed by atoms with Crippen LogP contribution < -0.4 is 9.47 Å². The molecule has 0 unspecified atom stereocenters. The molecule has 0 saturated heterocycles. The van der Waals surface area contributed by atoms with Crippen molar-refractivity contribution in [2.24, 2.45) is 0 Å². The van der Waals surface area contributed by atoms with Gasteiger partial charge in [-0.1, -0.05) is 69.3 Å². The van der Waals surface area contributed by atoms with Gasteiger partial charge in [0.2, 0.25) is 0 Å². The van der Waals surface area contributed by atoms with E-state index in [9.17, 15) is 4.79 Å². The molecule has 3 aromatic rings. The summed E-state index contributed by atoms with van der Waals surface area (Å²) >= 11 is 0. The Morgan fingerprint density at radius 1 is 0.862 bits per heavy atom. The van der Waals surface area contributed by atoms with Gasteiger partial charge in [-0.05, 0) is 40.3 Å². The number of ether oxygens (including phenoxy) is 2. The maximum Gasteiger partial charge on any atom is 0.303 e. The monoisotopic (exact) mass is 392 g/mol. The van der Waals surface area contributed by atoms with Crippen molar-refractivity contribution >= 4 is 16.7 Å². The Balaban J connectivity index is 1.71. The molecular formula is C25H28O4. The number of rotatable bonds is 8. The Kier molecular flexibility index (Phi) is 6.42. The summed E-state index contributed by atoms with van der Waals surface area (Å²) in [5.74, 6) is 0.775. The third-order valence-corrected chi connectivity index (χ3v) is 4.88. The second-order valence-corrected chi connectivity index (χ2v) is 8.10. The first-order valence-electron chi connectivity index (χ1n) is 9.94. The first-order chi connectivity index (χ1) is 13.9. The second-order valence-electron chi connectivity index (χ2n) is 8.10. The molecule has 0 amide bonds. The van der Waals surface area contributed by atoms with E-state index in [1.54, 1.807) is 0 Å². The van der Waals surface area contributed by atoms with Crippen molar-refractivity contribution in [1.29, 1.82) is 0 Å². The number of hydrogen-bond donors (Lipinski definition) is 1. The third-order valence-electron chi connectivity index (χ3n) is 4.88. The normalized spacial score (nSPS) is 11.4. The van der Waals surface area contributed by atoms with Crippen molar-refractivity contribution in [2.45, 2.75) is 39.0 Å². The van der Waals surface area contributed by atoms with Crippen LogP contribution in [-0.2, 0) is 16.6 Å². The molecule has 0 heterocycles. The quantitative estimate of drug-likeness (QED) is 0.506. The molecule has 29 heavy (non-hydrogen) atoms. The van der Waals surface area contributed by atoms with Crippen LogP contribution in [0.1, 0.15) is 38.3 Å². The topological polar surface area (TPSA) is 55.8 Å². The van der Waals surface area contributed by atoms with Crippen LogP contribution in [0.3, 0.4) is 0 Å². The minimum absolute atomic E-state index is 0.000201. The van der Waals surface area contributed by atoms with Gasteiger partial charge in [0.1, 0.15) is 24.7 Å². The Bertz CT molecular complexity index is 986. The first kappa shape index (κ1) is 20.7. The molecule has 152 valence electrons. The van der Waals surface area contributed by atoms with Crippen LogP contribution >= 0.6 is 0 Å². The summed E-state index contributed by atoms with van der Waals surface area (Å²) in [6.45, 7) is 7.29. The molecule has 4 heteroatoms. The highest BCUT2D eigenvalue weighted by molar-refractivity contribution is 5.88. The highest BCUT2D eigenvalue weighted by Crippen LogP contribution is 2.31. The third kappa shape index (κ3) is 5.29. The molecule has 0 saturated carbocycles. The van der Waals surface area contributed by atoms with Crippen LogP contribution in [0.4, 0.5) is 0 Å². The van der Waals surface area contributed by atoms with Gasteiger partial charge in [-0.3, -0.25) is 4.79 Å². The van der Waals surface area contributed by atoms with Gasteiger partial charge >= 0.3 is 5.97 Å². The molecule has 4 nitrogen and oxygen atoms in total. The molecule has 0 spiro atoms. The number of carboxylic acids is 1. The minimum atomic E-state index is -0.814. The van der Waals surface area contributed by atoms with Crippen LogP contribution in [-0.4, -0.2) is 24.3 Å². The fraction of sp³-hybridized carbons (Fsp3) is 0.320. The number of aryl methyl sites for hydroxylation is 1. The van der Waals surface area contributed by atoms with Gasteiger partial charge < -0.3 is 14.6 Å². The van der Waals surface area contributed by atoms with Gasteiger partial charge in [0.15, 0.2) is 0 Å². The SMILES string of the molecule is CC(C)(C)c1ccccc1OCCOc1ccc2ccccc2c1CCC(=O)O. The smallest absolute Gasteiger partial charge is 0.303 e. The summed E-state index contributed by atoms with van der Waals surface area (Å²) in [6.07, 6.45) is 0.500. The summed E-state index contributed by atoms with van der Waals surface area (Å²) < 4.78 is 12.0. The summed E-state index contributed by atoms with van der Waals surface area (Å²) in [7, 11) is 0. The van der Waals surface area contributed by atoms with Crippen LogP contribution in [0.15, 0.2) is 60.7 Å². The predicted molar refractivity (Wildman–Crippen MR) is 116 cm³/mol. The maximum atomic E-state index is 11.1. The number of aliphatic carboxylic acids is 1. The van der Waals surface area contributed by atoms with Crippen LogP contribution in [0.25, 0.3) is 10.8 Å². The van der Waals surface area contributed by atoms with Gasteiger partial charge in [0, 0.05) is 12.0 Å². The fourth-order valence-corrected chi connectivity index (χ4v) is 3.46. The van der Waals surface area contributed by atoms with Crippen molar-refractivity contribution in [3.05, 3.63) is 71.8 Å². The molecule has 0 aliphatic rings. The number of carbonyl (C=O) groups is 1. The number of para-hydroxylation sites is 1. The van der Waals surface area contributed by atoms with E-state index in [2.05, 4.69) is 26.8 Å². The Morgan fingerprint density at radius 2 is 1.52 bits per heavy atom. The molecule has 1 N–H and O–H groups in total. The summed E-state index contributed by atoms with van der Waals surface area (Å²) in [6, 6.07) is 20.0. The van der Waals surface area contributed by atoms with Crippen molar-refractivity contribution in [2.75, 3.05) is 13.2 Å². The summed E-state index contributed by atoms with van der Waals surface area (Å²) in [5.41, 5.74) is 2.09. The second kappa shape index (κ2) is 8.99. The Morgan fingerprint density at radius 3 is 2.24 bits per heavy atom. The Hall–Kier alpha value is -3.01. The van der Waals surface area contributed by atoms with E-state index in [0.29, 0.717) is 19.6 Å². The van der Waals surface area contributed by atoms with Gasteiger partial charge in [0.05, 0.1) is 0 Å². The Labute approximate surface area is 172 Å². The van der Waals surface area contributed by atoms with E-state index >= 15 is 0 Å². The molecule has 0 radical (unpaired) electrons. The number of carboxylic acid groups (broad SMARTS) is 1. The van der Waals surface area contributed by atoms with Crippen LogP contribution in [0.5, 0.6) is 11.5 Å². The molecule has 0 aliphatic heterocycles. The van der Waals surface area contributed by atoms with Gasteiger partial charge in [0.25, 0.3) is 0 Å². The number of hydrogen-bond acceptors (Lipinski definition) is 3. The minimum Gasteiger partial charge on any atom is -0.490 e. The van der Waals surface area contributed by atoms with Gasteiger partial charge in [-0.25, -0.2) is 0 Å². The van der Waals surface area contributed by atoms with Crippen LogP contribution in [0.2, 0.25) is 0 Å². The van der Waals surface area contributed by atoms with Gasteiger partial charge in [-0.15, -0.1) is 0 Å². The summed E-state index contributed by atoms with van der Waals surface area (Å²) in [4.78, 5) is 11.1. The summed E-state index contributed by atoms with van der Waals surface area (Å²) in [5, 5.41) is 11.2. The zero-order valence-corrected chi connectivity index (χ0v) is 17.3. The van der Waals surface area contributed by atoms with E-state index < -0.39 is 5.97 Å². The highest BCUT2D eigenvalue weighted by atomic mass is 16.5. The lowest BCUT2D eigenvalue weighted by molar-refractivity contribution is -0.136. The van der Waals surface area contributed by atoms with Gasteiger partial charge in [-0.2, -0.15) is 0 Å². The van der Waals surface area contributed by atoms with E-state index in [-0.39, 0.29) is 11.8 Å². The lowest BCUT2D eigenvalue weighted by Gasteiger charge is -2.22. The van der Waals surface area contributed by atoms with Crippen molar-refractivity contribution in [1.82, 2.24) is 0 Å². The molecule has 0 aromatic heterocycles.